The summed E-state index contributed by atoms with van der Waals surface area (Å²) in [4.78, 5) is 39.1. The number of allylic oxidation sites excluding steroid dienone is 2. The minimum atomic E-state index is -1.73. The Hall–Kier alpha value is -2.37. The van der Waals surface area contributed by atoms with E-state index >= 15 is 0 Å². The van der Waals surface area contributed by atoms with E-state index in [0.29, 0.717) is 25.0 Å². The van der Waals surface area contributed by atoms with Gasteiger partial charge in [0.05, 0.1) is 30.8 Å². The van der Waals surface area contributed by atoms with Crippen molar-refractivity contribution in [2.75, 3.05) is 26.4 Å². The Morgan fingerprint density at radius 2 is 1.90 bits per heavy atom. The van der Waals surface area contributed by atoms with E-state index in [4.69, 9.17) is 23.7 Å². The molecule has 10 nitrogen and oxygen atoms in total. The van der Waals surface area contributed by atoms with E-state index in [1.807, 2.05) is 0 Å². The van der Waals surface area contributed by atoms with E-state index in [9.17, 15) is 24.6 Å². The zero-order valence-electron chi connectivity index (χ0n) is 22.4. The van der Waals surface area contributed by atoms with Crippen molar-refractivity contribution in [2.24, 2.45) is 10.8 Å². The number of esters is 2. The molecule has 6 aliphatic rings. The number of fused-ring (bicyclic) bond motifs is 2. The van der Waals surface area contributed by atoms with Gasteiger partial charge in [0, 0.05) is 24.0 Å². The van der Waals surface area contributed by atoms with Crippen molar-refractivity contribution in [3.05, 3.63) is 35.5 Å². The Labute approximate surface area is 226 Å². The van der Waals surface area contributed by atoms with Gasteiger partial charge in [0.15, 0.2) is 11.4 Å². The average molecular weight is 545 g/mol. The first-order valence-electron chi connectivity index (χ1n) is 13.8. The number of ketones is 1. The van der Waals surface area contributed by atoms with Gasteiger partial charge in [0.25, 0.3) is 0 Å². The highest BCUT2D eigenvalue weighted by Gasteiger charge is 2.83. The van der Waals surface area contributed by atoms with Gasteiger partial charge in [-0.15, -0.1) is 0 Å². The summed E-state index contributed by atoms with van der Waals surface area (Å²) in [5.41, 5.74) is -2.22. The molecule has 3 saturated heterocycles. The zero-order chi connectivity index (χ0) is 27.6. The normalized spacial score (nSPS) is 47.7. The van der Waals surface area contributed by atoms with Crippen LogP contribution in [0.5, 0.6) is 0 Å². The summed E-state index contributed by atoms with van der Waals surface area (Å²) < 4.78 is 30.5. The smallest absolute Gasteiger partial charge is 0.330 e. The second-order valence-corrected chi connectivity index (χ2v) is 12.0. The van der Waals surface area contributed by atoms with Crippen LogP contribution in [-0.4, -0.2) is 90.0 Å². The van der Waals surface area contributed by atoms with Crippen molar-refractivity contribution >= 4 is 17.7 Å². The fraction of sp³-hybridized carbons (Fsp3) is 0.690. The molecule has 6 rings (SSSR count). The molecule has 2 spiro atoms. The molecule has 2 aliphatic carbocycles. The fourth-order valence-corrected chi connectivity index (χ4v) is 7.92. The molecular weight excluding hydrogens is 508 g/mol. The van der Waals surface area contributed by atoms with E-state index in [1.54, 1.807) is 6.08 Å². The largest absolute Gasteiger partial charge is 0.462 e. The third kappa shape index (κ3) is 3.75. The van der Waals surface area contributed by atoms with Crippen LogP contribution in [-0.2, 0) is 38.1 Å². The van der Waals surface area contributed by atoms with Crippen LogP contribution in [0, 0.1) is 10.8 Å². The number of aliphatic hydroxyl groups excluding tert-OH is 2. The van der Waals surface area contributed by atoms with Gasteiger partial charge >= 0.3 is 11.9 Å². The summed E-state index contributed by atoms with van der Waals surface area (Å²) in [7, 11) is 0. The maximum absolute atomic E-state index is 13.2. The summed E-state index contributed by atoms with van der Waals surface area (Å²) >= 11 is 0. The topological polar surface area (TPSA) is 141 Å². The van der Waals surface area contributed by atoms with Crippen LogP contribution in [0.2, 0.25) is 0 Å². The number of rotatable bonds is 2. The molecule has 39 heavy (non-hydrogen) atoms. The highest BCUT2D eigenvalue weighted by atomic mass is 16.6. The van der Waals surface area contributed by atoms with Crippen molar-refractivity contribution < 1.29 is 48.3 Å². The first-order valence-corrected chi connectivity index (χ1v) is 13.8. The third-order valence-corrected chi connectivity index (χ3v) is 10.3. The van der Waals surface area contributed by atoms with Crippen molar-refractivity contribution in [3.63, 3.8) is 0 Å². The van der Waals surface area contributed by atoms with E-state index in [-0.39, 0.29) is 44.7 Å². The number of carbonyl (C=O) groups excluding carboxylic acids is 3. The predicted octanol–water partition coefficient (Wildman–Crippen LogP) is 1.47. The molecule has 4 aliphatic heterocycles. The number of aliphatic hydroxyl groups is 2. The summed E-state index contributed by atoms with van der Waals surface area (Å²) in [5, 5.41) is 20.8. The predicted molar refractivity (Wildman–Crippen MR) is 134 cm³/mol. The molecule has 8 atom stereocenters. The Morgan fingerprint density at radius 1 is 1.10 bits per heavy atom. The Kier molecular flexibility index (Phi) is 6.43. The lowest BCUT2D eigenvalue weighted by molar-refractivity contribution is -0.232. The minimum absolute atomic E-state index is 0.00815. The summed E-state index contributed by atoms with van der Waals surface area (Å²) in [6, 6.07) is 0. The Morgan fingerprint density at radius 3 is 2.64 bits per heavy atom. The van der Waals surface area contributed by atoms with Gasteiger partial charge in [-0.25, -0.2) is 9.59 Å². The van der Waals surface area contributed by atoms with Gasteiger partial charge in [-0.3, -0.25) is 4.79 Å². The van der Waals surface area contributed by atoms with E-state index in [2.05, 4.69) is 19.9 Å². The molecular formula is C29H36O10. The number of ether oxygens (including phenoxy) is 5. The van der Waals surface area contributed by atoms with Crippen LogP contribution in [0.1, 0.15) is 52.4 Å². The fourth-order valence-electron chi connectivity index (χ4n) is 7.92. The van der Waals surface area contributed by atoms with Crippen LogP contribution in [0.15, 0.2) is 35.5 Å². The second-order valence-electron chi connectivity index (χ2n) is 12.0. The number of epoxide rings is 1. The summed E-state index contributed by atoms with van der Waals surface area (Å²) in [6.45, 7) is 3.88. The minimum Gasteiger partial charge on any atom is -0.462 e. The lowest BCUT2D eigenvalue weighted by atomic mass is 9.51. The van der Waals surface area contributed by atoms with Gasteiger partial charge < -0.3 is 33.9 Å². The van der Waals surface area contributed by atoms with Gasteiger partial charge in [-0.05, 0) is 44.6 Å². The lowest BCUT2D eigenvalue weighted by Gasteiger charge is -2.58. The first kappa shape index (κ1) is 26.8. The Balaban J connectivity index is 1.41. The molecule has 0 amide bonds. The van der Waals surface area contributed by atoms with Gasteiger partial charge in [-0.2, -0.15) is 0 Å². The standard InChI is InChI=1S/C29H36O10/c1-17-6-9-27-15-35-24(33)12-18-7-10-36-28(25(18)34,19(31)14-30)8-4-3-5-23(32)39-20-13-22(38-21(27)11-17)29(16-37-29)26(20,27)2/h3,5,11-12,20-22,25,30,34H,4,6-10,13-16H2,1-2H3/b5-3+,18-12+/t20-,21+,22-,25-,26?,27-,28+,29?/m0/s1. The molecule has 10 heteroatoms. The first-order chi connectivity index (χ1) is 18.6. The molecule has 0 aromatic heterocycles. The van der Waals surface area contributed by atoms with Crippen molar-refractivity contribution in [1.29, 1.82) is 0 Å². The Bertz CT molecular complexity index is 1170. The third-order valence-electron chi connectivity index (χ3n) is 10.3. The monoisotopic (exact) mass is 544 g/mol. The van der Waals surface area contributed by atoms with Crippen LogP contribution >= 0.6 is 0 Å². The SMILES string of the molecule is CC1=C[C@H]2O[C@H]3C[C@@H]4OC(=O)/C=C/CC[C@]5(C(=O)CO)OCC/C(=C\C(=O)OC[C@]2(CC1)C4(C)C31CO1)[C@@H]5O. The molecule has 4 fully saturated rings. The van der Waals surface area contributed by atoms with E-state index in [1.165, 1.54) is 17.7 Å². The van der Waals surface area contributed by atoms with Crippen LogP contribution in [0.4, 0.5) is 0 Å². The maximum atomic E-state index is 13.2. The number of Topliss-reactive ketones (excluding diaryl/α,β-unsaturated/α-hetero) is 1. The molecule has 0 aromatic carbocycles. The van der Waals surface area contributed by atoms with Gasteiger partial charge in [-0.1, -0.05) is 24.6 Å². The second kappa shape index (κ2) is 9.34. The molecule has 2 unspecified atom stereocenters. The van der Waals surface area contributed by atoms with Gasteiger partial charge in [0.2, 0.25) is 0 Å². The zero-order valence-corrected chi connectivity index (χ0v) is 22.4. The van der Waals surface area contributed by atoms with Crippen molar-refractivity contribution in [3.8, 4) is 0 Å². The van der Waals surface area contributed by atoms with Crippen LogP contribution in [0.3, 0.4) is 0 Å². The van der Waals surface area contributed by atoms with Crippen LogP contribution < -0.4 is 0 Å². The lowest BCUT2D eigenvalue weighted by Crippen LogP contribution is -2.66. The molecule has 212 valence electrons. The average Bonchev–Trinajstić information content (AvgIpc) is 3.69. The molecule has 4 bridgehead atoms. The highest BCUT2D eigenvalue weighted by molar-refractivity contribution is 5.90. The maximum Gasteiger partial charge on any atom is 0.330 e. The number of hydrogen-bond acceptors (Lipinski definition) is 10. The molecule has 0 aromatic rings. The van der Waals surface area contributed by atoms with Crippen molar-refractivity contribution in [1.82, 2.24) is 0 Å². The van der Waals surface area contributed by atoms with Crippen LogP contribution in [0.25, 0.3) is 0 Å². The number of carbonyl (C=O) groups is 3. The number of hydrogen-bond donors (Lipinski definition) is 2. The summed E-state index contributed by atoms with van der Waals surface area (Å²) in [5.74, 6) is -1.87. The summed E-state index contributed by atoms with van der Waals surface area (Å²) in [6.07, 6.45) is 6.04. The molecule has 2 N–H and O–H groups in total. The van der Waals surface area contributed by atoms with E-state index in [0.717, 1.165) is 6.42 Å². The van der Waals surface area contributed by atoms with Crippen molar-refractivity contribution in [2.45, 2.75) is 88.0 Å². The molecule has 1 saturated carbocycles. The molecule has 4 heterocycles. The van der Waals surface area contributed by atoms with Gasteiger partial charge in [0.1, 0.15) is 31.0 Å². The van der Waals surface area contributed by atoms with E-state index < -0.39 is 58.6 Å². The quantitative estimate of drug-likeness (QED) is 0.298. The molecule has 0 radical (unpaired) electrons. The highest BCUT2D eigenvalue weighted by Crippen LogP contribution is 2.72. The number of cyclic esters (lactones) is 1.